The zero-order valence-corrected chi connectivity index (χ0v) is 21.9. The summed E-state index contributed by atoms with van der Waals surface area (Å²) in [5, 5.41) is 21.8. The average Bonchev–Trinajstić information content (AvgIpc) is 3.51. The van der Waals surface area contributed by atoms with E-state index in [9.17, 15) is 24.6 Å². The third kappa shape index (κ3) is 3.91. The number of phenolic OH excluding ortho intramolecular Hbond substituents is 1. The second-order valence-electron chi connectivity index (χ2n) is 8.83. The van der Waals surface area contributed by atoms with Crippen molar-refractivity contribution in [3.8, 4) is 5.75 Å². The van der Waals surface area contributed by atoms with Crippen LogP contribution in [0.4, 0.5) is 5.13 Å². The standard InChI is InChI=1S/C27H24N4O6S/c1-5-37-26(36)23-14(3)28-27(38-23)31-20(16-9-6-10-17(32)12-16)18(22(34)25(31)35)21(33)19-15(4)30-11-7-8-13(2)24(30)29-19/h6-12,20,32-33H,5H2,1-4H3/b21-18+. The van der Waals surface area contributed by atoms with Crippen LogP contribution in [0.5, 0.6) is 5.75 Å². The summed E-state index contributed by atoms with van der Waals surface area (Å²) >= 11 is 0.912. The Kier molecular flexibility index (Phi) is 6.23. The normalized spacial score (nSPS) is 16.9. The fraction of sp³-hybridized carbons (Fsp3) is 0.222. The number of aromatic nitrogens is 3. The molecule has 4 aromatic rings. The van der Waals surface area contributed by atoms with Crippen LogP contribution in [0.15, 0.2) is 48.2 Å². The Bertz CT molecular complexity index is 1670. The van der Waals surface area contributed by atoms with Gasteiger partial charge < -0.3 is 19.4 Å². The number of nitrogens with zero attached hydrogens (tertiary/aromatic N) is 4. The van der Waals surface area contributed by atoms with E-state index in [0.717, 1.165) is 21.8 Å². The zero-order chi connectivity index (χ0) is 27.3. The summed E-state index contributed by atoms with van der Waals surface area (Å²) in [7, 11) is 0. The molecule has 194 valence electrons. The molecule has 0 radical (unpaired) electrons. The molecule has 5 rings (SSSR count). The smallest absolute Gasteiger partial charge is 0.350 e. The Morgan fingerprint density at radius 1 is 1.13 bits per heavy atom. The van der Waals surface area contributed by atoms with Crippen LogP contribution < -0.4 is 4.90 Å². The Hall–Kier alpha value is -4.51. The minimum Gasteiger partial charge on any atom is -0.508 e. The van der Waals surface area contributed by atoms with Crippen LogP contribution in [0, 0.1) is 20.8 Å². The van der Waals surface area contributed by atoms with Gasteiger partial charge >= 0.3 is 11.9 Å². The number of esters is 1. The molecule has 10 nitrogen and oxygen atoms in total. The number of thiazole rings is 1. The van der Waals surface area contributed by atoms with E-state index in [4.69, 9.17) is 4.74 Å². The number of aromatic hydroxyl groups is 1. The fourth-order valence-corrected chi connectivity index (χ4v) is 5.57. The number of hydrogen-bond donors (Lipinski definition) is 2. The first kappa shape index (κ1) is 25.2. The number of imidazole rings is 1. The highest BCUT2D eigenvalue weighted by Crippen LogP contribution is 2.44. The van der Waals surface area contributed by atoms with Gasteiger partial charge in [0.25, 0.3) is 5.78 Å². The Balaban J connectivity index is 1.74. The third-order valence-corrected chi connectivity index (χ3v) is 7.53. The monoisotopic (exact) mass is 532 g/mol. The van der Waals surface area contributed by atoms with Crippen molar-refractivity contribution >= 4 is 45.5 Å². The fourth-order valence-electron chi connectivity index (χ4n) is 4.59. The largest absolute Gasteiger partial charge is 0.508 e. The number of pyridine rings is 1. The number of aryl methyl sites for hydroxylation is 3. The number of Topliss-reactive ketones (excluding diaryl/α,β-unsaturated/α-hetero) is 1. The van der Waals surface area contributed by atoms with Crippen molar-refractivity contribution in [3.63, 3.8) is 0 Å². The Morgan fingerprint density at radius 3 is 2.58 bits per heavy atom. The summed E-state index contributed by atoms with van der Waals surface area (Å²) in [5.74, 6) is -2.99. The first-order valence-electron chi connectivity index (χ1n) is 11.8. The number of hydrogen-bond acceptors (Lipinski definition) is 9. The number of ketones is 1. The van der Waals surface area contributed by atoms with Crippen molar-refractivity contribution in [3.05, 3.63) is 81.3 Å². The third-order valence-electron chi connectivity index (χ3n) is 6.39. The van der Waals surface area contributed by atoms with Gasteiger partial charge in [0, 0.05) is 6.20 Å². The SMILES string of the molecule is CCOC(=O)c1sc(N2C(=O)C(=O)/C(=C(/O)c3nc4c(C)cccn4c3C)C2c2cccc(O)c2)nc1C. The van der Waals surface area contributed by atoms with E-state index in [1.54, 1.807) is 43.5 Å². The maximum atomic E-state index is 13.5. The number of rotatable bonds is 5. The molecule has 0 saturated carbocycles. The molecule has 1 atom stereocenters. The lowest BCUT2D eigenvalue weighted by molar-refractivity contribution is -0.132. The molecule has 0 bridgehead atoms. The highest BCUT2D eigenvalue weighted by Gasteiger charge is 2.49. The number of aliphatic hydroxyl groups excluding tert-OH is 1. The van der Waals surface area contributed by atoms with Crippen molar-refractivity contribution in [2.75, 3.05) is 11.5 Å². The number of anilines is 1. The van der Waals surface area contributed by atoms with Crippen LogP contribution in [0.2, 0.25) is 0 Å². The summed E-state index contributed by atoms with van der Waals surface area (Å²) in [4.78, 5) is 49.6. The predicted molar refractivity (Wildman–Crippen MR) is 140 cm³/mol. The molecule has 1 saturated heterocycles. The van der Waals surface area contributed by atoms with Gasteiger partial charge in [-0.3, -0.25) is 14.5 Å². The Labute approximate surface area is 221 Å². The first-order chi connectivity index (χ1) is 18.1. The number of benzene rings is 1. The van der Waals surface area contributed by atoms with Crippen molar-refractivity contribution in [2.45, 2.75) is 33.7 Å². The van der Waals surface area contributed by atoms with Gasteiger partial charge in [0.15, 0.2) is 10.9 Å². The van der Waals surface area contributed by atoms with E-state index < -0.39 is 29.5 Å². The van der Waals surface area contributed by atoms with Gasteiger partial charge in [0.05, 0.1) is 29.6 Å². The molecule has 3 aromatic heterocycles. The molecule has 38 heavy (non-hydrogen) atoms. The molecule has 0 aliphatic carbocycles. The summed E-state index contributed by atoms with van der Waals surface area (Å²) in [6.45, 7) is 7.08. The molecule has 1 aromatic carbocycles. The van der Waals surface area contributed by atoms with Crippen LogP contribution >= 0.6 is 11.3 Å². The van der Waals surface area contributed by atoms with E-state index in [1.807, 2.05) is 19.1 Å². The van der Waals surface area contributed by atoms with Crippen molar-refractivity contribution in [2.24, 2.45) is 0 Å². The number of aliphatic hydroxyl groups is 1. The van der Waals surface area contributed by atoms with Gasteiger partial charge in [0.2, 0.25) is 0 Å². The van der Waals surface area contributed by atoms with Crippen molar-refractivity contribution in [1.82, 2.24) is 14.4 Å². The average molecular weight is 533 g/mol. The lowest BCUT2D eigenvalue weighted by Crippen LogP contribution is -2.29. The van der Waals surface area contributed by atoms with Gasteiger partial charge in [-0.1, -0.05) is 29.5 Å². The summed E-state index contributed by atoms with van der Waals surface area (Å²) in [5.41, 5.74) is 2.71. The molecule has 1 aliphatic heterocycles. The second-order valence-corrected chi connectivity index (χ2v) is 9.80. The number of phenols is 1. The van der Waals surface area contributed by atoms with Crippen LogP contribution in [0.3, 0.4) is 0 Å². The minimum absolute atomic E-state index is 0.0858. The number of ether oxygens (including phenoxy) is 1. The van der Waals surface area contributed by atoms with Crippen LogP contribution in [-0.4, -0.2) is 48.8 Å². The predicted octanol–water partition coefficient (Wildman–Crippen LogP) is 4.22. The van der Waals surface area contributed by atoms with Gasteiger partial charge in [-0.05, 0) is 57.0 Å². The van der Waals surface area contributed by atoms with Gasteiger partial charge in [0.1, 0.15) is 22.0 Å². The molecule has 11 heteroatoms. The van der Waals surface area contributed by atoms with E-state index in [0.29, 0.717) is 22.6 Å². The van der Waals surface area contributed by atoms with E-state index in [1.165, 1.54) is 12.1 Å². The van der Waals surface area contributed by atoms with E-state index in [2.05, 4.69) is 9.97 Å². The number of carbonyl (C=O) groups is 3. The first-order valence-corrected chi connectivity index (χ1v) is 12.6. The molecule has 2 N–H and O–H groups in total. The molecule has 1 unspecified atom stereocenters. The van der Waals surface area contributed by atoms with Crippen LogP contribution in [0.25, 0.3) is 11.4 Å². The zero-order valence-electron chi connectivity index (χ0n) is 21.1. The molecule has 1 amide bonds. The van der Waals surface area contributed by atoms with Crippen LogP contribution in [-0.2, 0) is 14.3 Å². The topological polar surface area (TPSA) is 134 Å². The van der Waals surface area contributed by atoms with Crippen LogP contribution in [0.1, 0.15) is 50.8 Å². The van der Waals surface area contributed by atoms with Gasteiger partial charge in [-0.25, -0.2) is 14.8 Å². The van der Waals surface area contributed by atoms with Crippen molar-refractivity contribution in [1.29, 1.82) is 0 Å². The Morgan fingerprint density at radius 2 is 1.89 bits per heavy atom. The molecular formula is C27H24N4O6S. The number of carbonyl (C=O) groups excluding carboxylic acids is 3. The van der Waals surface area contributed by atoms with E-state index >= 15 is 0 Å². The summed E-state index contributed by atoms with van der Waals surface area (Å²) < 4.78 is 6.89. The number of fused-ring (bicyclic) bond motifs is 1. The maximum Gasteiger partial charge on any atom is 0.350 e. The lowest BCUT2D eigenvalue weighted by Gasteiger charge is -2.23. The molecule has 1 aliphatic rings. The minimum atomic E-state index is -1.13. The maximum absolute atomic E-state index is 13.5. The molecule has 4 heterocycles. The van der Waals surface area contributed by atoms with Crippen molar-refractivity contribution < 1.29 is 29.3 Å². The summed E-state index contributed by atoms with van der Waals surface area (Å²) in [6, 6.07) is 8.65. The quantitative estimate of drug-likeness (QED) is 0.169. The van der Waals surface area contributed by atoms with Gasteiger partial charge in [-0.2, -0.15) is 0 Å². The summed E-state index contributed by atoms with van der Waals surface area (Å²) in [6.07, 6.45) is 1.79. The molecular weight excluding hydrogens is 508 g/mol. The molecule has 1 fully saturated rings. The van der Waals surface area contributed by atoms with Gasteiger partial charge in [-0.15, -0.1) is 0 Å². The highest BCUT2D eigenvalue weighted by atomic mass is 32.1. The second kappa shape index (κ2) is 9.42. The number of amides is 1. The highest BCUT2D eigenvalue weighted by molar-refractivity contribution is 7.17. The molecule has 0 spiro atoms. The van der Waals surface area contributed by atoms with E-state index in [-0.39, 0.29) is 33.6 Å². The lowest BCUT2D eigenvalue weighted by atomic mass is 9.96.